The van der Waals surface area contributed by atoms with Crippen LogP contribution in [0.1, 0.15) is 15.9 Å². The molecule has 0 radical (unpaired) electrons. The molecule has 0 saturated heterocycles. The van der Waals surface area contributed by atoms with Crippen molar-refractivity contribution in [3.05, 3.63) is 76.8 Å². The molecule has 174 valence electrons. The number of aromatic hydroxyl groups is 1. The lowest BCUT2D eigenvalue weighted by atomic mass is 10.1. The summed E-state index contributed by atoms with van der Waals surface area (Å²) in [4.78, 5) is 11.9. The molecule has 0 heterocycles. The zero-order chi connectivity index (χ0) is 24.4. The topological polar surface area (TPSA) is 58.6 Å². The van der Waals surface area contributed by atoms with Crippen molar-refractivity contribution >= 4 is 35.0 Å². The Balaban J connectivity index is 1.93. The number of para-hydroxylation sites is 1. The number of benzene rings is 3. The lowest BCUT2D eigenvalue weighted by molar-refractivity contribution is -0.138. The Morgan fingerprint density at radius 1 is 0.939 bits per heavy atom. The van der Waals surface area contributed by atoms with Gasteiger partial charge in [-0.05, 0) is 60.3 Å². The van der Waals surface area contributed by atoms with Crippen molar-refractivity contribution in [3.8, 4) is 17.2 Å². The first-order chi connectivity index (χ1) is 15.3. The molecule has 0 aliphatic rings. The fraction of sp³-hybridized carbons (Fsp3) is 0.0952. The minimum absolute atomic E-state index is 0.119. The number of carbonyl (C=O) groups is 1. The molecule has 3 aromatic carbocycles. The maximum absolute atomic E-state index is 13.6. The van der Waals surface area contributed by atoms with E-state index in [-0.39, 0.29) is 16.3 Å². The SMILES string of the molecule is O=C(Nc1ccc(Oc2ccccc2SC(F)(F)F)c(C(F)(F)F)c1)c1cc(Cl)ccc1O. The van der Waals surface area contributed by atoms with E-state index in [1.807, 2.05) is 0 Å². The predicted molar refractivity (Wildman–Crippen MR) is 111 cm³/mol. The van der Waals surface area contributed by atoms with Gasteiger partial charge in [0.25, 0.3) is 5.91 Å². The molecule has 3 aromatic rings. The number of anilines is 1. The third kappa shape index (κ3) is 6.48. The highest BCUT2D eigenvalue weighted by Gasteiger charge is 2.36. The van der Waals surface area contributed by atoms with Crippen LogP contribution in [0.4, 0.5) is 32.0 Å². The average molecular weight is 508 g/mol. The number of hydrogen-bond donors (Lipinski definition) is 2. The molecular weight excluding hydrogens is 496 g/mol. The lowest BCUT2D eigenvalue weighted by Crippen LogP contribution is -2.14. The molecule has 0 atom stereocenters. The second-order valence-corrected chi connectivity index (χ2v) is 7.96. The van der Waals surface area contributed by atoms with Crippen LogP contribution in [0.3, 0.4) is 0 Å². The van der Waals surface area contributed by atoms with Crippen molar-refractivity contribution < 1.29 is 41.0 Å². The molecular formula is C21H12ClF6NO3S. The van der Waals surface area contributed by atoms with Gasteiger partial charge in [0.1, 0.15) is 22.8 Å². The summed E-state index contributed by atoms with van der Waals surface area (Å²) in [5.41, 5.74) is -6.57. The molecule has 0 bridgehead atoms. The molecule has 0 fully saturated rings. The van der Waals surface area contributed by atoms with E-state index in [0.717, 1.165) is 36.4 Å². The number of thioether (sulfide) groups is 1. The van der Waals surface area contributed by atoms with Gasteiger partial charge in [-0.15, -0.1) is 0 Å². The standard InChI is InChI=1S/C21H12ClF6NO3S/c22-11-5-7-15(30)13(9-11)19(31)29-12-6-8-16(14(10-12)20(23,24)25)32-17-3-1-2-4-18(17)33-21(26,27)28/h1-10,30H,(H,29,31). The Morgan fingerprint density at radius 3 is 2.30 bits per heavy atom. The summed E-state index contributed by atoms with van der Waals surface area (Å²) in [7, 11) is 0. The molecule has 0 aliphatic heterocycles. The van der Waals surface area contributed by atoms with Gasteiger partial charge >= 0.3 is 11.7 Å². The summed E-state index contributed by atoms with van der Waals surface area (Å²) < 4.78 is 84.4. The van der Waals surface area contributed by atoms with Crippen LogP contribution in [0, 0.1) is 0 Å². The summed E-state index contributed by atoms with van der Waals surface area (Å²) in [6.07, 6.45) is -4.96. The number of phenols is 1. The third-order valence-electron chi connectivity index (χ3n) is 4.04. The van der Waals surface area contributed by atoms with Gasteiger partial charge in [-0.25, -0.2) is 0 Å². The smallest absolute Gasteiger partial charge is 0.446 e. The molecule has 3 rings (SSSR count). The molecule has 1 amide bonds. The molecule has 0 aliphatic carbocycles. The quantitative estimate of drug-likeness (QED) is 0.274. The van der Waals surface area contributed by atoms with Gasteiger partial charge in [-0.1, -0.05) is 23.7 Å². The second kappa shape index (κ2) is 9.44. The maximum atomic E-state index is 13.6. The highest BCUT2D eigenvalue weighted by Crippen LogP contribution is 2.45. The van der Waals surface area contributed by atoms with Crippen LogP contribution in [0.2, 0.25) is 5.02 Å². The van der Waals surface area contributed by atoms with E-state index in [1.54, 1.807) is 0 Å². The number of amides is 1. The lowest BCUT2D eigenvalue weighted by Gasteiger charge is -2.17. The minimum Gasteiger partial charge on any atom is -0.507 e. The number of alkyl halides is 6. The molecule has 0 saturated carbocycles. The van der Waals surface area contributed by atoms with Gasteiger partial charge in [-0.2, -0.15) is 26.3 Å². The zero-order valence-electron chi connectivity index (χ0n) is 16.1. The van der Waals surface area contributed by atoms with E-state index in [0.29, 0.717) is 6.07 Å². The Labute approximate surface area is 192 Å². The Kier molecular flexibility index (Phi) is 7.03. The van der Waals surface area contributed by atoms with Crippen molar-refractivity contribution in [3.63, 3.8) is 0 Å². The van der Waals surface area contributed by atoms with Crippen molar-refractivity contribution in [2.75, 3.05) is 5.32 Å². The summed E-state index contributed by atoms with van der Waals surface area (Å²) in [6, 6.07) is 10.9. The van der Waals surface area contributed by atoms with Crippen LogP contribution in [-0.2, 0) is 6.18 Å². The largest absolute Gasteiger partial charge is 0.507 e. The number of halogens is 7. The van der Waals surface area contributed by atoms with Crippen molar-refractivity contribution in [2.45, 2.75) is 16.6 Å². The van der Waals surface area contributed by atoms with E-state index in [4.69, 9.17) is 16.3 Å². The summed E-state index contributed by atoms with van der Waals surface area (Å²) >= 11 is 5.24. The molecule has 0 aromatic heterocycles. The van der Waals surface area contributed by atoms with Crippen LogP contribution >= 0.6 is 23.4 Å². The third-order valence-corrected chi connectivity index (χ3v) is 5.06. The van der Waals surface area contributed by atoms with E-state index in [2.05, 4.69) is 5.32 Å². The maximum Gasteiger partial charge on any atom is 0.446 e. The van der Waals surface area contributed by atoms with Crippen LogP contribution in [0.5, 0.6) is 17.2 Å². The Morgan fingerprint density at radius 2 is 1.64 bits per heavy atom. The molecule has 4 nitrogen and oxygen atoms in total. The average Bonchev–Trinajstić information content (AvgIpc) is 2.70. The van der Waals surface area contributed by atoms with Crippen LogP contribution < -0.4 is 10.1 Å². The monoisotopic (exact) mass is 507 g/mol. The van der Waals surface area contributed by atoms with Gasteiger partial charge in [-0.3, -0.25) is 4.79 Å². The molecule has 2 N–H and O–H groups in total. The fourth-order valence-corrected chi connectivity index (χ4v) is 3.45. The van der Waals surface area contributed by atoms with Gasteiger partial charge in [0.15, 0.2) is 0 Å². The number of nitrogens with one attached hydrogen (secondary N) is 1. The van der Waals surface area contributed by atoms with Crippen LogP contribution in [-0.4, -0.2) is 16.5 Å². The molecule has 12 heteroatoms. The number of ether oxygens (including phenoxy) is 1. The number of carbonyl (C=O) groups excluding carboxylic acids is 1. The first-order valence-corrected chi connectivity index (χ1v) is 10.1. The fourth-order valence-electron chi connectivity index (χ4n) is 2.67. The highest BCUT2D eigenvalue weighted by atomic mass is 35.5. The van der Waals surface area contributed by atoms with Gasteiger partial charge < -0.3 is 15.2 Å². The van der Waals surface area contributed by atoms with Crippen LogP contribution in [0.25, 0.3) is 0 Å². The molecule has 33 heavy (non-hydrogen) atoms. The number of phenolic OH excluding ortho intramolecular Hbond substituents is 1. The minimum atomic E-state index is -4.96. The Bertz CT molecular complexity index is 1180. The van der Waals surface area contributed by atoms with E-state index >= 15 is 0 Å². The predicted octanol–water partition coefficient (Wildman–Crippen LogP) is 7.72. The highest BCUT2D eigenvalue weighted by molar-refractivity contribution is 8.00. The summed E-state index contributed by atoms with van der Waals surface area (Å²) in [6.45, 7) is 0. The number of rotatable bonds is 5. The first-order valence-electron chi connectivity index (χ1n) is 8.87. The van der Waals surface area contributed by atoms with Crippen molar-refractivity contribution in [2.24, 2.45) is 0 Å². The van der Waals surface area contributed by atoms with Gasteiger partial charge in [0, 0.05) is 10.7 Å². The number of hydrogen-bond acceptors (Lipinski definition) is 4. The second-order valence-electron chi connectivity index (χ2n) is 6.42. The van der Waals surface area contributed by atoms with Crippen molar-refractivity contribution in [1.82, 2.24) is 0 Å². The van der Waals surface area contributed by atoms with Gasteiger partial charge in [0.2, 0.25) is 0 Å². The normalized spacial score (nSPS) is 11.8. The first kappa shape index (κ1) is 24.6. The molecule has 0 spiro atoms. The van der Waals surface area contributed by atoms with Gasteiger partial charge in [0.05, 0.1) is 10.5 Å². The summed E-state index contributed by atoms with van der Waals surface area (Å²) in [5.74, 6) is -2.55. The van der Waals surface area contributed by atoms with E-state index in [9.17, 15) is 36.2 Å². The van der Waals surface area contributed by atoms with Crippen molar-refractivity contribution in [1.29, 1.82) is 0 Å². The van der Waals surface area contributed by atoms with Crippen LogP contribution in [0.15, 0.2) is 65.6 Å². The zero-order valence-corrected chi connectivity index (χ0v) is 17.7. The molecule has 0 unspecified atom stereocenters. The van der Waals surface area contributed by atoms with E-state index in [1.165, 1.54) is 18.2 Å². The summed E-state index contributed by atoms with van der Waals surface area (Å²) in [5, 5.41) is 12.1. The Hall–Kier alpha value is -3.05. The van der Waals surface area contributed by atoms with E-state index < -0.39 is 57.1 Å².